The standard InChI is InChI=1S/C23H21N3O5S/c27-22(25-24-15-18-11-13-20(14-12-18)23(28)29)17-26(16-19-7-3-1-4-8-19)32(30,31)21-9-5-2-6-10-21/h1-15H,16-17H2,(H,25,27)(H,28,29)/b24-15-. The average molecular weight is 452 g/mol. The second-order valence-corrected chi connectivity index (χ2v) is 8.73. The lowest BCUT2D eigenvalue weighted by molar-refractivity contribution is -0.121. The molecule has 0 aliphatic carbocycles. The Labute approximate surface area is 185 Å². The molecule has 8 nitrogen and oxygen atoms in total. The predicted molar refractivity (Wildman–Crippen MR) is 120 cm³/mol. The van der Waals surface area contributed by atoms with Crippen LogP contribution in [0.4, 0.5) is 0 Å². The number of hydrogen-bond donors (Lipinski definition) is 2. The van der Waals surface area contributed by atoms with E-state index in [4.69, 9.17) is 5.11 Å². The van der Waals surface area contributed by atoms with E-state index in [0.717, 1.165) is 9.87 Å². The Morgan fingerprint density at radius 3 is 2.09 bits per heavy atom. The zero-order chi connectivity index (χ0) is 23.0. The van der Waals surface area contributed by atoms with Crippen molar-refractivity contribution in [2.24, 2.45) is 5.10 Å². The molecule has 0 aliphatic heterocycles. The Morgan fingerprint density at radius 1 is 0.906 bits per heavy atom. The Bertz CT molecular complexity index is 1200. The smallest absolute Gasteiger partial charge is 0.335 e. The van der Waals surface area contributed by atoms with Gasteiger partial charge in [0, 0.05) is 6.54 Å². The molecule has 0 unspecified atom stereocenters. The molecule has 3 aromatic carbocycles. The summed E-state index contributed by atoms with van der Waals surface area (Å²) in [5.41, 5.74) is 3.76. The van der Waals surface area contributed by atoms with Crippen molar-refractivity contribution < 1.29 is 23.1 Å². The van der Waals surface area contributed by atoms with Gasteiger partial charge in [0.25, 0.3) is 5.91 Å². The van der Waals surface area contributed by atoms with Gasteiger partial charge in [-0.2, -0.15) is 9.41 Å². The van der Waals surface area contributed by atoms with Crippen LogP contribution in [-0.2, 0) is 21.4 Å². The first kappa shape index (κ1) is 22.9. The molecular weight excluding hydrogens is 430 g/mol. The number of benzene rings is 3. The van der Waals surface area contributed by atoms with Crippen molar-refractivity contribution in [1.29, 1.82) is 0 Å². The lowest BCUT2D eigenvalue weighted by Gasteiger charge is -2.21. The first-order chi connectivity index (χ1) is 15.4. The molecule has 0 saturated heterocycles. The molecule has 0 atom stereocenters. The number of sulfonamides is 1. The molecule has 0 fully saturated rings. The Balaban J connectivity index is 1.72. The van der Waals surface area contributed by atoms with Crippen molar-refractivity contribution in [3.63, 3.8) is 0 Å². The summed E-state index contributed by atoms with van der Waals surface area (Å²) in [6.45, 7) is -0.409. The zero-order valence-electron chi connectivity index (χ0n) is 17.0. The van der Waals surface area contributed by atoms with Gasteiger partial charge in [-0.15, -0.1) is 0 Å². The normalized spacial score (nSPS) is 11.5. The second-order valence-electron chi connectivity index (χ2n) is 6.79. The quantitative estimate of drug-likeness (QED) is 0.383. The first-order valence-electron chi connectivity index (χ1n) is 9.60. The van der Waals surface area contributed by atoms with Gasteiger partial charge in [0.05, 0.1) is 23.2 Å². The maximum Gasteiger partial charge on any atom is 0.335 e. The van der Waals surface area contributed by atoms with Crippen molar-refractivity contribution >= 4 is 28.1 Å². The Morgan fingerprint density at radius 2 is 1.50 bits per heavy atom. The molecule has 164 valence electrons. The highest BCUT2D eigenvalue weighted by atomic mass is 32.2. The van der Waals surface area contributed by atoms with Crippen molar-refractivity contribution in [3.8, 4) is 0 Å². The van der Waals surface area contributed by atoms with E-state index in [0.29, 0.717) is 5.56 Å². The van der Waals surface area contributed by atoms with Gasteiger partial charge in [0.2, 0.25) is 10.0 Å². The van der Waals surface area contributed by atoms with Gasteiger partial charge in [-0.3, -0.25) is 4.79 Å². The molecule has 0 aliphatic rings. The molecule has 1 amide bonds. The zero-order valence-corrected chi connectivity index (χ0v) is 17.8. The molecule has 0 radical (unpaired) electrons. The van der Waals surface area contributed by atoms with Gasteiger partial charge in [-0.05, 0) is 35.4 Å². The minimum atomic E-state index is -3.92. The van der Waals surface area contributed by atoms with Crippen molar-refractivity contribution in [2.45, 2.75) is 11.4 Å². The SMILES string of the molecule is O=C(CN(Cc1ccccc1)S(=O)(=O)c1ccccc1)N/N=C\c1ccc(C(=O)O)cc1. The maximum absolute atomic E-state index is 13.1. The monoisotopic (exact) mass is 451 g/mol. The van der Waals surface area contributed by atoms with Crippen molar-refractivity contribution in [2.75, 3.05) is 6.54 Å². The number of carboxylic acids is 1. The third-order valence-electron chi connectivity index (χ3n) is 4.46. The molecule has 3 rings (SSSR count). The van der Waals surface area contributed by atoms with Gasteiger partial charge < -0.3 is 5.11 Å². The molecule has 0 heterocycles. The number of carboxylic acid groups (broad SMARTS) is 1. The molecule has 0 bridgehead atoms. The largest absolute Gasteiger partial charge is 0.478 e. The number of carbonyl (C=O) groups excluding carboxylic acids is 1. The van der Waals surface area contributed by atoms with E-state index in [1.165, 1.54) is 30.5 Å². The third kappa shape index (κ3) is 6.10. The van der Waals surface area contributed by atoms with Gasteiger partial charge in [-0.25, -0.2) is 18.6 Å². The van der Waals surface area contributed by atoms with E-state index >= 15 is 0 Å². The molecule has 0 aromatic heterocycles. The van der Waals surface area contributed by atoms with Crippen LogP contribution in [0.25, 0.3) is 0 Å². The molecular formula is C23H21N3O5S. The summed E-state index contributed by atoms with van der Waals surface area (Å²) in [5.74, 6) is -1.65. The number of hydrogen-bond acceptors (Lipinski definition) is 5. The number of carbonyl (C=O) groups is 2. The van der Waals surface area contributed by atoms with Crippen molar-refractivity contribution in [1.82, 2.24) is 9.73 Å². The fourth-order valence-corrected chi connectivity index (χ4v) is 4.25. The summed E-state index contributed by atoms with van der Waals surface area (Å²) in [6.07, 6.45) is 1.34. The number of hydrazone groups is 1. The van der Waals surface area contributed by atoms with E-state index in [9.17, 15) is 18.0 Å². The maximum atomic E-state index is 13.1. The van der Waals surface area contributed by atoms with Crippen LogP contribution in [0.2, 0.25) is 0 Å². The van der Waals surface area contributed by atoms with Crippen molar-refractivity contribution in [3.05, 3.63) is 102 Å². The number of rotatable bonds is 9. The Kier molecular flexibility index (Phi) is 7.48. The molecule has 9 heteroatoms. The highest BCUT2D eigenvalue weighted by Crippen LogP contribution is 2.18. The Hall–Kier alpha value is -3.82. The minimum absolute atomic E-state index is 0.0197. The van der Waals surface area contributed by atoms with Crippen LogP contribution in [0, 0.1) is 0 Å². The summed E-state index contributed by atoms with van der Waals surface area (Å²) in [4.78, 5) is 23.4. The van der Waals surface area contributed by atoms with Gasteiger partial charge in [0.1, 0.15) is 0 Å². The number of aromatic carboxylic acids is 1. The van der Waals surface area contributed by atoms with E-state index in [-0.39, 0.29) is 17.0 Å². The van der Waals surface area contributed by atoms with Crippen LogP contribution >= 0.6 is 0 Å². The third-order valence-corrected chi connectivity index (χ3v) is 6.27. The lowest BCUT2D eigenvalue weighted by atomic mass is 10.1. The highest BCUT2D eigenvalue weighted by Gasteiger charge is 2.26. The van der Waals surface area contributed by atoms with Crippen LogP contribution in [-0.4, -0.2) is 42.5 Å². The van der Waals surface area contributed by atoms with Crippen LogP contribution in [0.5, 0.6) is 0 Å². The van der Waals surface area contributed by atoms with E-state index in [1.807, 2.05) is 6.07 Å². The number of nitrogens with one attached hydrogen (secondary N) is 1. The fraction of sp³-hybridized carbons (Fsp3) is 0.0870. The van der Waals surface area contributed by atoms with Crippen LogP contribution in [0.15, 0.2) is 94.9 Å². The topological polar surface area (TPSA) is 116 Å². The number of amides is 1. The second kappa shape index (κ2) is 10.5. The van der Waals surface area contributed by atoms with Crippen LogP contribution in [0.1, 0.15) is 21.5 Å². The van der Waals surface area contributed by atoms with Gasteiger partial charge in [-0.1, -0.05) is 60.7 Å². The van der Waals surface area contributed by atoms with E-state index < -0.39 is 28.4 Å². The summed E-state index contributed by atoms with van der Waals surface area (Å²) in [5, 5.41) is 12.8. The van der Waals surface area contributed by atoms with Crippen LogP contribution in [0.3, 0.4) is 0 Å². The first-order valence-corrected chi connectivity index (χ1v) is 11.0. The lowest BCUT2D eigenvalue weighted by Crippen LogP contribution is -2.39. The predicted octanol–water partition coefficient (Wildman–Crippen LogP) is 2.73. The fourth-order valence-electron chi connectivity index (χ4n) is 2.84. The summed E-state index contributed by atoms with van der Waals surface area (Å²) < 4.78 is 27.3. The molecule has 32 heavy (non-hydrogen) atoms. The molecule has 2 N–H and O–H groups in total. The molecule has 0 spiro atoms. The molecule has 3 aromatic rings. The summed E-state index contributed by atoms with van der Waals surface area (Å²) in [6, 6.07) is 22.8. The van der Waals surface area contributed by atoms with Gasteiger partial charge in [0.15, 0.2) is 0 Å². The van der Waals surface area contributed by atoms with E-state index in [2.05, 4.69) is 10.5 Å². The van der Waals surface area contributed by atoms with Crippen LogP contribution < -0.4 is 5.43 Å². The highest BCUT2D eigenvalue weighted by molar-refractivity contribution is 7.89. The van der Waals surface area contributed by atoms with E-state index in [1.54, 1.807) is 54.6 Å². The summed E-state index contributed by atoms with van der Waals surface area (Å²) >= 11 is 0. The molecule has 0 saturated carbocycles. The number of nitrogens with zero attached hydrogens (tertiary/aromatic N) is 2. The minimum Gasteiger partial charge on any atom is -0.478 e. The van der Waals surface area contributed by atoms with Gasteiger partial charge >= 0.3 is 5.97 Å². The average Bonchev–Trinajstić information content (AvgIpc) is 2.80. The summed E-state index contributed by atoms with van der Waals surface area (Å²) in [7, 11) is -3.92.